The Hall–Kier alpha value is -3.02. The third-order valence-electron chi connectivity index (χ3n) is 4.81. The summed E-state index contributed by atoms with van der Waals surface area (Å²) in [6.07, 6.45) is 0. The van der Waals surface area contributed by atoms with Gasteiger partial charge in [-0.15, -0.1) is 0 Å². The van der Waals surface area contributed by atoms with E-state index in [-0.39, 0.29) is 15.0 Å². The molecule has 0 saturated carbocycles. The van der Waals surface area contributed by atoms with E-state index in [0.717, 1.165) is 56.3 Å². The van der Waals surface area contributed by atoms with E-state index in [9.17, 15) is 0 Å². The second kappa shape index (κ2) is 8.15. The van der Waals surface area contributed by atoms with Crippen molar-refractivity contribution in [3.8, 4) is 45.3 Å². The Morgan fingerprint density at radius 3 is 1.34 bits per heavy atom. The second-order valence-electron chi connectivity index (χ2n) is 6.25. The molecule has 3 aromatic carbocycles. The Morgan fingerprint density at radius 1 is 0.552 bits per heavy atom. The first-order valence-electron chi connectivity index (χ1n) is 8.90. The molecule has 148 valence electrons. The van der Waals surface area contributed by atoms with E-state index in [0.29, 0.717) is 0 Å². The van der Waals surface area contributed by atoms with Crippen LogP contribution in [0.3, 0.4) is 0 Å². The first-order chi connectivity index (χ1) is 14.2. The molecule has 0 radical (unpaired) electrons. The minimum absolute atomic E-state index is 0.188. The van der Waals surface area contributed by atoms with Crippen LogP contribution < -0.4 is 18.9 Å². The summed E-state index contributed by atoms with van der Waals surface area (Å²) in [5, 5.41) is 0. The summed E-state index contributed by atoms with van der Waals surface area (Å²) in [5.74, 6) is 2.95. The molecule has 0 aliphatic carbocycles. The van der Waals surface area contributed by atoms with Gasteiger partial charge in [0, 0.05) is 0 Å². The predicted octanol–water partition coefficient (Wildman–Crippen LogP) is 4.06. The maximum atomic E-state index is 5.60. The molecular formula is C22H20N2O4Se. The summed E-state index contributed by atoms with van der Waals surface area (Å²) in [6.45, 7) is 0. The van der Waals surface area contributed by atoms with Crippen molar-refractivity contribution in [1.82, 2.24) is 7.96 Å². The van der Waals surface area contributed by atoms with E-state index >= 15 is 0 Å². The molecule has 0 N–H and O–H groups in total. The summed E-state index contributed by atoms with van der Waals surface area (Å²) in [4.78, 5) is 0. The first-order valence-corrected chi connectivity index (χ1v) is 10.4. The van der Waals surface area contributed by atoms with Gasteiger partial charge in [0.1, 0.15) is 0 Å². The van der Waals surface area contributed by atoms with E-state index < -0.39 is 0 Å². The Morgan fingerprint density at radius 2 is 0.966 bits per heavy atom. The van der Waals surface area contributed by atoms with E-state index in [1.807, 2.05) is 36.4 Å². The van der Waals surface area contributed by atoms with E-state index in [4.69, 9.17) is 26.9 Å². The van der Waals surface area contributed by atoms with Crippen molar-refractivity contribution in [3.05, 3.63) is 48.5 Å². The molecule has 0 aliphatic heterocycles. The number of methoxy groups -OCH3 is 4. The van der Waals surface area contributed by atoms with Gasteiger partial charge >= 0.3 is 175 Å². The Balaban J connectivity index is 1.90. The molecule has 4 aromatic rings. The summed E-state index contributed by atoms with van der Waals surface area (Å²) in [7, 11) is 6.58. The van der Waals surface area contributed by atoms with Crippen LogP contribution in [0.5, 0.6) is 23.0 Å². The molecule has 6 nitrogen and oxygen atoms in total. The fourth-order valence-electron chi connectivity index (χ4n) is 3.34. The van der Waals surface area contributed by atoms with Crippen LogP contribution in [-0.2, 0) is 0 Å². The van der Waals surface area contributed by atoms with E-state index in [2.05, 4.69) is 12.1 Å². The fraction of sp³-hybridized carbons (Fsp3) is 0.182. The van der Waals surface area contributed by atoms with Gasteiger partial charge in [0.25, 0.3) is 0 Å². The maximum absolute atomic E-state index is 5.60. The molecule has 0 saturated heterocycles. The molecule has 0 amide bonds. The van der Waals surface area contributed by atoms with Crippen molar-refractivity contribution in [2.45, 2.75) is 0 Å². The summed E-state index contributed by atoms with van der Waals surface area (Å²) >= 11 is -0.188. The quantitative estimate of drug-likeness (QED) is 0.409. The van der Waals surface area contributed by atoms with Gasteiger partial charge in [0.05, 0.1) is 0 Å². The van der Waals surface area contributed by atoms with Gasteiger partial charge in [0.15, 0.2) is 0 Å². The van der Waals surface area contributed by atoms with E-state index in [1.54, 1.807) is 28.4 Å². The zero-order valence-electron chi connectivity index (χ0n) is 16.6. The van der Waals surface area contributed by atoms with Crippen LogP contribution in [0.2, 0.25) is 0 Å². The zero-order chi connectivity index (χ0) is 20.4. The molecule has 0 fully saturated rings. The Kier molecular flexibility index (Phi) is 5.43. The van der Waals surface area contributed by atoms with E-state index in [1.165, 1.54) is 0 Å². The average molecular weight is 455 g/mol. The third-order valence-corrected chi connectivity index (χ3v) is 5.92. The van der Waals surface area contributed by atoms with Crippen molar-refractivity contribution in [1.29, 1.82) is 0 Å². The van der Waals surface area contributed by atoms with Crippen LogP contribution in [0, 0.1) is 0 Å². The molecular weight excluding hydrogens is 435 g/mol. The predicted molar refractivity (Wildman–Crippen MR) is 114 cm³/mol. The Bertz CT molecular complexity index is 1080. The second-order valence-corrected chi connectivity index (χ2v) is 7.36. The minimum atomic E-state index is -0.188. The molecule has 0 unspecified atom stereocenters. The molecule has 29 heavy (non-hydrogen) atoms. The number of hydrogen-bond acceptors (Lipinski definition) is 6. The van der Waals surface area contributed by atoms with Crippen molar-refractivity contribution in [3.63, 3.8) is 0 Å². The first kappa shape index (κ1) is 19.3. The molecule has 0 atom stereocenters. The van der Waals surface area contributed by atoms with Crippen LogP contribution in [-0.4, -0.2) is 51.4 Å². The zero-order valence-corrected chi connectivity index (χ0v) is 18.3. The summed E-state index contributed by atoms with van der Waals surface area (Å²) < 4.78 is 31.3. The molecule has 0 bridgehead atoms. The van der Waals surface area contributed by atoms with Crippen molar-refractivity contribution < 1.29 is 18.9 Å². The van der Waals surface area contributed by atoms with Crippen molar-refractivity contribution >= 4 is 26.0 Å². The van der Waals surface area contributed by atoms with Crippen LogP contribution in [0.1, 0.15) is 0 Å². The number of fused-ring (bicyclic) bond motifs is 1. The molecule has 7 heteroatoms. The topological polar surface area (TPSA) is 62.7 Å². The standard InChI is InChI=1S/C22H20N2O4Se/c1-25-13-5-7-15(19(11-13)27-3)17-9-10-18(22-21(17)23-29-24-22)16-8-6-14(26-2)12-20(16)28-4/h5-12H,1-4H3. The SMILES string of the molecule is COc1ccc(-c2ccc(-c3ccc(OC)cc3OC)c3n[se]nc23)c(OC)c1. The van der Waals surface area contributed by atoms with Gasteiger partial charge in [-0.1, -0.05) is 0 Å². The number of hydrogen-bond donors (Lipinski definition) is 0. The van der Waals surface area contributed by atoms with Crippen molar-refractivity contribution in [2.24, 2.45) is 0 Å². The van der Waals surface area contributed by atoms with Gasteiger partial charge in [-0.2, -0.15) is 0 Å². The summed E-state index contributed by atoms with van der Waals surface area (Å²) in [5.41, 5.74) is 5.63. The number of rotatable bonds is 6. The van der Waals surface area contributed by atoms with Crippen LogP contribution in [0.25, 0.3) is 33.3 Å². The van der Waals surface area contributed by atoms with Gasteiger partial charge < -0.3 is 0 Å². The van der Waals surface area contributed by atoms with Gasteiger partial charge in [-0.05, 0) is 0 Å². The van der Waals surface area contributed by atoms with Crippen LogP contribution >= 0.6 is 0 Å². The van der Waals surface area contributed by atoms with Crippen LogP contribution in [0.15, 0.2) is 48.5 Å². The third kappa shape index (κ3) is 3.43. The molecule has 1 heterocycles. The van der Waals surface area contributed by atoms with Gasteiger partial charge in [-0.3, -0.25) is 0 Å². The normalized spacial score (nSPS) is 10.8. The number of aromatic nitrogens is 2. The molecule has 0 spiro atoms. The molecule has 4 rings (SSSR count). The molecule has 0 aliphatic rings. The number of ether oxygens (including phenoxy) is 4. The number of nitrogens with zero attached hydrogens (tertiary/aromatic N) is 2. The fourth-order valence-corrected chi connectivity index (χ4v) is 4.55. The van der Waals surface area contributed by atoms with Crippen molar-refractivity contribution in [2.75, 3.05) is 28.4 Å². The monoisotopic (exact) mass is 456 g/mol. The number of benzene rings is 3. The average Bonchev–Trinajstić information content (AvgIpc) is 3.27. The summed E-state index contributed by atoms with van der Waals surface area (Å²) in [6, 6.07) is 15.7. The Labute approximate surface area is 175 Å². The van der Waals surface area contributed by atoms with Gasteiger partial charge in [-0.25, -0.2) is 0 Å². The van der Waals surface area contributed by atoms with Gasteiger partial charge in [0.2, 0.25) is 0 Å². The molecule has 1 aromatic heterocycles. The van der Waals surface area contributed by atoms with Crippen LogP contribution in [0.4, 0.5) is 0 Å².